The Balaban J connectivity index is 1.91. The first kappa shape index (κ1) is 15.5. The van der Waals surface area contributed by atoms with Gasteiger partial charge in [0.1, 0.15) is 0 Å². The Morgan fingerprint density at radius 1 is 0.909 bits per heavy atom. The molecular weight excluding hydrogens is 276 g/mol. The van der Waals surface area contributed by atoms with Crippen molar-refractivity contribution in [2.24, 2.45) is 0 Å². The Kier molecular flexibility index (Phi) is 5.49. The number of carbonyl (C=O) groups is 2. The number of anilines is 2. The van der Waals surface area contributed by atoms with Gasteiger partial charge in [-0.15, -0.1) is 0 Å². The molecule has 2 rings (SSSR count). The van der Waals surface area contributed by atoms with Crippen molar-refractivity contribution < 1.29 is 9.59 Å². The van der Waals surface area contributed by atoms with Crippen LogP contribution < -0.4 is 10.6 Å². The maximum atomic E-state index is 11.8. The van der Waals surface area contributed by atoms with Gasteiger partial charge in [-0.05, 0) is 35.9 Å². The van der Waals surface area contributed by atoms with E-state index < -0.39 is 0 Å². The summed E-state index contributed by atoms with van der Waals surface area (Å²) < 4.78 is 0. The highest BCUT2D eigenvalue weighted by Crippen LogP contribution is 2.14. The molecule has 0 aliphatic carbocycles. The molecule has 0 saturated heterocycles. The van der Waals surface area contributed by atoms with Crippen LogP contribution in [0, 0.1) is 0 Å². The molecular formula is C18H18N2O2. The molecule has 0 aromatic heterocycles. The van der Waals surface area contributed by atoms with Gasteiger partial charge in [-0.1, -0.05) is 37.3 Å². The zero-order valence-corrected chi connectivity index (χ0v) is 12.4. The van der Waals surface area contributed by atoms with Crippen LogP contribution in [-0.4, -0.2) is 11.8 Å². The van der Waals surface area contributed by atoms with Crippen LogP contribution in [0.5, 0.6) is 0 Å². The molecule has 4 heteroatoms. The smallest absolute Gasteiger partial charge is 0.248 e. The van der Waals surface area contributed by atoms with Gasteiger partial charge in [-0.25, -0.2) is 0 Å². The van der Waals surface area contributed by atoms with Crippen molar-refractivity contribution in [3.05, 3.63) is 66.2 Å². The Hall–Kier alpha value is -2.88. The summed E-state index contributed by atoms with van der Waals surface area (Å²) in [6.07, 6.45) is 3.68. The van der Waals surface area contributed by atoms with Crippen molar-refractivity contribution >= 4 is 29.3 Å². The summed E-state index contributed by atoms with van der Waals surface area (Å²) in [5, 5.41) is 5.52. The van der Waals surface area contributed by atoms with E-state index in [1.165, 1.54) is 6.08 Å². The van der Waals surface area contributed by atoms with Crippen LogP contribution in [-0.2, 0) is 9.59 Å². The molecule has 0 radical (unpaired) electrons. The highest BCUT2D eigenvalue weighted by molar-refractivity contribution is 6.02. The normalized spacial score (nSPS) is 10.4. The number of hydrogen-bond acceptors (Lipinski definition) is 2. The molecule has 0 fully saturated rings. The number of carbonyl (C=O) groups excluding carboxylic acids is 2. The monoisotopic (exact) mass is 294 g/mol. The van der Waals surface area contributed by atoms with Gasteiger partial charge in [0.25, 0.3) is 0 Å². The van der Waals surface area contributed by atoms with E-state index in [1.54, 1.807) is 37.3 Å². The lowest BCUT2D eigenvalue weighted by molar-refractivity contribution is -0.116. The van der Waals surface area contributed by atoms with Crippen LogP contribution >= 0.6 is 0 Å². The summed E-state index contributed by atoms with van der Waals surface area (Å²) in [6, 6.07) is 16.6. The summed E-state index contributed by atoms with van der Waals surface area (Å²) >= 11 is 0. The molecule has 2 amide bonds. The van der Waals surface area contributed by atoms with E-state index in [-0.39, 0.29) is 11.8 Å². The minimum absolute atomic E-state index is 0.0393. The van der Waals surface area contributed by atoms with Crippen LogP contribution in [0.15, 0.2) is 60.7 Å². The lowest BCUT2D eigenvalue weighted by atomic mass is 10.2. The average molecular weight is 294 g/mol. The van der Waals surface area contributed by atoms with Gasteiger partial charge in [0.2, 0.25) is 11.8 Å². The molecule has 112 valence electrons. The minimum Gasteiger partial charge on any atom is -0.326 e. The standard InChI is InChI=1S/C18H18N2O2/c1-2-17(21)19-15-9-11-16(12-10-15)20-18(22)13-8-14-6-4-3-5-7-14/h3-13H,2H2,1H3,(H,19,21)(H,20,22)/b13-8+. The van der Waals surface area contributed by atoms with Crippen LogP contribution in [0.3, 0.4) is 0 Å². The zero-order chi connectivity index (χ0) is 15.8. The van der Waals surface area contributed by atoms with Crippen LogP contribution in [0.25, 0.3) is 6.08 Å². The Morgan fingerprint density at radius 3 is 2.09 bits per heavy atom. The molecule has 0 aliphatic heterocycles. The van der Waals surface area contributed by atoms with Crippen LogP contribution in [0.2, 0.25) is 0 Å². The first-order valence-electron chi connectivity index (χ1n) is 7.11. The topological polar surface area (TPSA) is 58.2 Å². The molecule has 0 aliphatic rings. The quantitative estimate of drug-likeness (QED) is 0.826. The molecule has 0 heterocycles. The Bertz CT molecular complexity index is 661. The van der Waals surface area contributed by atoms with Gasteiger partial charge in [0, 0.05) is 23.9 Å². The summed E-state index contributed by atoms with van der Waals surface area (Å²) in [6.45, 7) is 1.79. The number of benzene rings is 2. The van der Waals surface area contributed by atoms with E-state index in [4.69, 9.17) is 0 Å². The maximum Gasteiger partial charge on any atom is 0.248 e. The summed E-state index contributed by atoms with van der Waals surface area (Å²) in [7, 11) is 0. The minimum atomic E-state index is -0.200. The van der Waals surface area contributed by atoms with E-state index >= 15 is 0 Å². The van der Waals surface area contributed by atoms with Crippen molar-refractivity contribution in [1.82, 2.24) is 0 Å². The van der Waals surface area contributed by atoms with E-state index in [1.807, 2.05) is 30.3 Å². The van der Waals surface area contributed by atoms with Gasteiger partial charge < -0.3 is 10.6 Å². The molecule has 0 spiro atoms. The molecule has 2 aromatic rings. The second-order valence-corrected chi connectivity index (χ2v) is 4.71. The molecule has 2 N–H and O–H groups in total. The fourth-order valence-electron chi connectivity index (χ4n) is 1.81. The van der Waals surface area contributed by atoms with Gasteiger partial charge >= 0.3 is 0 Å². The molecule has 2 aromatic carbocycles. The third kappa shape index (κ3) is 4.90. The van der Waals surface area contributed by atoms with Crippen molar-refractivity contribution in [1.29, 1.82) is 0 Å². The van der Waals surface area contributed by atoms with Gasteiger partial charge in [0.05, 0.1) is 0 Å². The van der Waals surface area contributed by atoms with E-state index in [2.05, 4.69) is 10.6 Å². The molecule has 0 bridgehead atoms. The Morgan fingerprint density at radius 2 is 1.50 bits per heavy atom. The number of rotatable bonds is 5. The third-order valence-electron chi connectivity index (χ3n) is 2.98. The van der Waals surface area contributed by atoms with Crippen molar-refractivity contribution in [3.8, 4) is 0 Å². The highest BCUT2D eigenvalue weighted by atomic mass is 16.2. The summed E-state index contributed by atoms with van der Waals surface area (Å²) in [5.41, 5.74) is 2.36. The van der Waals surface area contributed by atoms with E-state index in [9.17, 15) is 9.59 Å². The van der Waals surface area contributed by atoms with Crippen LogP contribution in [0.4, 0.5) is 11.4 Å². The third-order valence-corrected chi connectivity index (χ3v) is 2.98. The molecule has 4 nitrogen and oxygen atoms in total. The number of amides is 2. The zero-order valence-electron chi connectivity index (χ0n) is 12.4. The predicted molar refractivity (Wildman–Crippen MR) is 89.5 cm³/mol. The largest absolute Gasteiger partial charge is 0.326 e. The van der Waals surface area contributed by atoms with Crippen molar-refractivity contribution in [2.75, 3.05) is 10.6 Å². The SMILES string of the molecule is CCC(=O)Nc1ccc(NC(=O)/C=C/c2ccccc2)cc1. The van der Waals surface area contributed by atoms with E-state index in [0.717, 1.165) is 5.56 Å². The first-order valence-corrected chi connectivity index (χ1v) is 7.11. The van der Waals surface area contributed by atoms with Gasteiger partial charge in [-0.2, -0.15) is 0 Å². The second-order valence-electron chi connectivity index (χ2n) is 4.71. The average Bonchev–Trinajstić information content (AvgIpc) is 2.55. The maximum absolute atomic E-state index is 11.8. The first-order chi connectivity index (χ1) is 10.7. The van der Waals surface area contributed by atoms with Gasteiger partial charge in [0.15, 0.2) is 0 Å². The Labute approximate surface area is 129 Å². The number of nitrogens with one attached hydrogen (secondary N) is 2. The predicted octanol–water partition coefficient (Wildman–Crippen LogP) is 3.69. The number of hydrogen-bond donors (Lipinski definition) is 2. The van der Waals surface area contributed by atoms with Crippen molar-refractivity contribution in [2.45, 2.75) is 13.3 Å². The fourth-order valence-corrected chi connectivity index (χ4v) is 1.81. The van der Waals surface area contributed by atoms with Crippen molar-refractivity contribution in [3.63, 3.8) is 0 Å². The fraction of sp³-hybridized carbons (Fsp3) is 0.111. The molecule has 22 heavy (non-hydrogen) atoms. The summed E-state index contributed by atoms with van der Waals surface area (Å²) in [4.78, 5) is 23.1. The second kappa shape index (κ2) is 7.78. The molecule has 0 unspecified atom stereocenters. The van der Waals surface area contributed by atoms with Crippen LogP contribution in [0.1, 0.15) is 18.9 Å². The van der Waals surface area contributed by atoms with Gasteiger partial charge in [-0.3, -0.25) is 9.59 Å². The molecule has 0 saturated carbocycles. The highest BCUT2D eigenvalue weighted by Gasteiger charge is 2.00. The summed E-state index contributed by atoms with van der Waals surface area (Å²) in [5.74, 6) is -0.239. The van der Waals surface area contributed by atoms with E-state index in [0.29, 0.717) is 17.8 Å². The lowest BCUT2D eigenvalue weighted by Crippen LogP contribution is -2.10. The lowest BCUT2D eigenvalue weighted by Gasteiger charge is -2.06. The molecule has 0 atom stereocenters.